The highest BCUT2D eigenvalue weighted by Crippen LogP contribution is 2.32. The van der Waals surface area contributed by atoms with E-state index < -0.39 is 0 Å². The third-order valence-electron chi connectivity index (χ3n) is 3.60. The lowest BCUT2D eigenvalue weighted by Gasteiger charge is -2.11. The molecule has 1 aliphatic rings. The number of thiazole rings is 1. The maximum atomic E-state index is 11.9. The van der Waals surface area contributed by atoms with E-state index in [2.05, 4.69) is 17.2 Å². The topological polar surface area (TPSA) is 42.0 Å². The minimum atomic E-state index is 0.107. The van der Waals surface area contributed by atoms with Crippen LogP contribution in [0.2, 0.25) is 0 Å². The molecule has 1 fully saturated rings. The summed E-state index contributed by atoms with van der Waals surface area (Å²) in [5.74, 6) is 1.25. The lowest BCUT2D eigenvalue weighted by Crippen LogP contribution is -2.35. The third kappa shape index (κ3) is 4.08. The molecule has 1 amide bonds. The molecule has 1 aromatic heterocycles. The largest absolute Gasteiger partial charge is 0.353 e. The molecule has 0 aliphatic heterocycles. The Balaban J connectivity index is 1.51. The summed E-state index contributed by atoms with van der Waals surface area (Å²) in [6.07, 6.45) is 2.50. The zero-order valence-electron chi connectivity index (χ0n) is 11.9. The monoisotopic (exact) mass is 318 g/mol. The molecule has 0 bridgehead atoms. The van der Waals surface area contributed by atoms with Gasteiger partial charge in [-0.2, -0.15) is 0 Å². The molecule has 1 aromatic carbocycles. The summed E-state index contributed by atoms with van der Waals surface area (Å²) in [4.78, 5) is 16.5. The number of aromatic nitrogens is 1. The van der Waals surface area contributed by atoms with E-state index in [1.54, 1.807) is 11.3 Å². The molecule has 1 aliphatic carbocycles. The van der Waals surface area contributed by atoms with Gasteiger partial charge in [0.2, 0.25) is 5.91 Å². The first-order valence-corrected chi connectivity index (χ1v) is 9.02. The minimum Gasteiger partial charge on any atom is -0.353 e. The van der Waals surface area contributed by atoms with Crippen LogP contribution in [-0.4, -0.2) is 22.7 Å². The molecule has 5 heteroatoms. The van der Waals surface area contributed by atoms with E-state index >= 15 is 0 Å². The van der Waals surface area contributed by atoms with Crippen LogP contribution in [0.15, 0.2) is 40.1 Å². The molecular weight excluding hydrogens is 300 g/mol. The van der Waals surface area contributed by atoms with Crippen molar-refractivity contribution in [3.8, 4) is 11.3 Å². The Morgan fingerprint density at radius 2 is 2.19 bits per heavy atom. The number of nitrogens with zero attached hydrogens (tertiary/aromatic N) is 1. The Morgan fingerprint density at radius 1 is 1.43 bits per heavy atom. The average Bonchev–Trinajstić information content (AvgIpc) is 3.25. The van der Waals surface area contributed by atoms with Gasteiger partial charge in [0.05, 0.1) is 11.4 Å². The number of rotatable bonds is 6. The molecule has 0 spiro atoms. The summed E-state index contributed by atoms with van der Waals surface area (Å²) in [5, 5.41) is 5.11. The fraction of sp³-hybridized carbons (Fsp3) is 0.375. The van der Waals surface area contributed by atoms with Crippen LogP contribution >= 0.6 is 23.1 Å². The summed E-state index contributed by atoms with van der Waals surface area (Å²) in [6, 6.07) is 10.4. The normalized spacial score (nSPS) is 15.7. The van der Waals surface area contributed by atoms with E-state index in [1.165, 1.54) is 24.6 Å². The quantitative estimate of drug-likeness (QED) is 0.823. The number of benzene rings is 1. The van der Waals surface area contributed by atoms with Crippen molar-refractivity contribution in [2.75, 3.05) is 5.75 Å². The van der Waals surface area contributed by atoms with Crippen LogP contribution in [0.1, 0.15) is 19.8 Å². The van der Waals surface area contributed by atoms with Gasteiger partial charge in [0.25, 0.3) is 0 Å². The predicted molar refractivity (Wildman–Crippen MR) is 88.6 cm³/mol. The van der Waals surface area contributed by atoms with Crippen molar-refractivity contribution in [3.05, 3.63) is 35.7 Å². The smallest absolute Gasteiger partial charge is 0.230 e. The fourth-order valence-corrected chi connectivity index (χ4v) is 3.85. The zero-order valence-corrected chi connectivity index (χ0v) is 13.5. The molecule has 2 aromatic rings. The highest BCUT2D eigenvalue weighted by Gasteiger charge is 2.28. The van der Waals surface area contributed by atoms with Crippen molar-refractivity contribution in [2.24, 2.45) is 5.92 Å². The Hall–Kier alpha value is -1.33. The molecule has 110 valence electrons. The van der Waals surface area contributed by atoms with Crippen LogP contribution in [0.25, 0.3) is 11.3 Å². The Morgan fingerprint density at radius 3 is 2.90 bits per heavy atom. The maximum absolute atomic E-state index is 11.9. The SMILES string of the molecule is C[C@@H](NC(=O)CSc1nc(-c2ccccc2)cs1)C1CC1. The highest BCUT2D eigenvalue weighted by atomic mass is 32.2. The van der Waals surface area contributed by atoms with Crippen LogP contribution in [0, 0.1) is 5.92 Å². The number of hydrogen-bond donors (Lipinski definition) is 1. The Bertz CT molecular complexity index is 608. The zero-order chi connectivity index (χ0) is 14.7. The van der Waals surface area contributed by atoms with Gasteiger partial charge < -0.3 is 5.32 Å². The van der Waals surface area contributed by atoms with Crippen LogP contribution in [0.4, 0.5) is 0 Å². The van der Waals surface area contributed by atoms with Gasteiger partial charge in [0.1, 0.15) is 0 Å². The number of hydrogen-bond acceptors (Lipinski definition) is 4. The van der Waals surface area contributed by atoms with E-state index in [0.29, 0.717) is 17.7 Å². The molecule has 0 saturated heterocycles. The lowest BCUT2D eigenvalue weighted by atomic mass is 10.2. The molecule has 1 heterocycles. The molecular formula is C16H18N2OS2. The molecule has 3 nitrogen and oxygen atoms in total. The second-order valence-electron chi connectivity index (χ2n) is 5.35. The summed E-state index contributed by atoms with van der Waals surface area (Å²) in [6.45, 7) is 2.09. The molecule has 21 heavy (non-hydrogen) atoms. The van der Waals surface area contributed by atoms with E-state index in [0.717, 1.165) is 15.6 Å². The summed E-state index contributed by atoms with van der Waals surface area (Å²) in [5.41, 5.74) is 2.10. The molecule has 0 radical (unpaired) electrons. The van der Waals surface area contributed by atoms with Crippen LogP contribution in [0.5, 0.6) is 0 Å². The Labute approximate surface area is 133 Å². The van der Waals surface area contributed by atoms with Gasteiger partial charge in [0.15, 0.2) is 4.34 Å². The van der Waals surface area contributed by atoms with E-state index in [4.69, 9.17) is 0 Å². The van der Waals surface area contributed by atoms with E-state index in [-0.39, 0.29) is 5.91 Å². The predicted octanol–water partition coefficient (Wildman–Crippen LogP) is 3.82. The first-order valence-electron chi connectivity index (χ1n) is 7.15. The van der Waals surface area contributed by atoms with Gasteiger partial charge in [0, 0.05) is 17.0 Å². The van der Waals surface area contributed by atoms with Gasteiger partial charge in [-0.15, -0.1) is 11.3 Å². The van der Waals surface area contributed by atoms with Crippen molar-refractivity contribution < 1.29 is 4.79 Å². The second kappa shape index (κ2) is 6.62. The number of carbonyl (C=O) groups is 1. The van der Waals surface area contributed by atoms with Crippen molar-refractivity contribution in [3.63, 3.8) is 0 Å². The Kier molecular flexibility index (Phi) is 4.60. The first-order chi connectivity index (χ1) is 10.2. The van der Waals surface area contributed by atoms with Gasteiger partial charge in [-0.05, 0) is 25.7 Å². The fourth-order valence-electron chi connectivity index (χ4n) is 2.20. The number of carbonyl (C=O) groups excluding carboxylic acids is 1. The number of thioether (sulfide) groups is 1. The van der Waals surface area contributed by atoms with Crippen LogP contribution < -0.4 is 5.32 Å². The summed E-state index contributed by atoms with van der Waals surface area (Å²) < 4.78 is 0.947. The molecule has 3 rings (SSSR count). The summed E-state index contributed by atoms with van der Waals surface area (Å²) in [7, 11) is 0. The standard InChI is InChI=1S/C16H18N2OS2/c1-11(12-7-8-12)17-15(19)10-21-16-18-14(9-20-16)13-5-3-2-4-6-13/h2-6,9,11-12H,7-8,10H2,1H3,(H,17,19)/t11-/m1/s1. The molecule has 1 N–H and O–H groups in total. The second-order valence-corrected chi connectivity index (χ2v) is 7.43. The molecule has 0 unspecified atom stereocenters. The van der Waals surface area contributed by atoms with Gasteiger partial charge in [-0.1, -0.05) is 42.1 Å². The van der Waals surface area contributed by atoms with Crippen LogP contribution in [-0.2, 0) is 4.79 Å². The third-order valence-corrected chi connectivity index (χ3v) is 5.62. The first kappa shape index (κ1) is 14.6. The van der Waals surface area contributed by atoms with Crippen molar-refractivity contribution in [1.82, 2.24) is 10.3 Å². The number of nitrogens with one attached hydrogen (secondary N) is 1. The lowest BCUT2D eigenvalue weighted by molar-refractivity contribution is -0.119. The molecule has 1 saturated carbocycles. The van der Waals surface area contributed by atoms with Gasteiger partial charge >= 0.3 is 0 Å². The average molecular weight is 318 g/mol. The van der Waals surface area contributed by atoms with Crippen molar-refractivity contribution >= 4 is 29.0 Å². The van der Waals surface area contributed by atoms with Gasteiger partial charge in [-0.3, -0.25) is 4.79 Å². The van der Waals surface area contributed by atoms with Crippen LogP contribution in [0.3, 0.4) is 0 Å². The van der Waals surface area contributed by atoms with E-state index in [9.17, 15) is 4.79 Å². The van der Waals surface area contributed by atoms with Crippen molar-refractivity contribution in [2.45, 2.75) is 30.1 Å². The molecule has 1 atom stereocenters. The number of amides is 1. The minimum absolute atomic E-state index is 0.107. The van der Waals surface area contributed by atoms with Crippen molar-refractivity contribution in [1.29, 1.82) is 0 Å². The van der Waals surface area contributed by atoms with Gasteiger partial charge in [-0.25, -0.2) is 4.98 Å². The summed E-state index contributed by atoms with van der Waals surface area (Å²) >= 11 is 3.11. The highest BCUT2D eigenvalue weighted by molar-refractivity contribution is 8.01. The van der Waals surface area contributed by atoms with E-state index in [1.807, 2.05) is 35.7 Å². The maximum Gasteiger partial charge on any atom is 0.230 e.